The fourth-order valence-electron chi connectivity index (χ4n) is 6.54. The Morgan fingerprint density at radius 1 is 0.957 bits per heavy atom. The molecule has 10 heteroatoms. The summed E-state index contributed by atoms with van der Waals surface area (Å²) in [4.78, 5) is 59.6. The standard InChI is InChI=1S/C37H38N4O6/c1-3-20-40-30-24-41(33(25-12-7-5-8-13-25)35(43)39-21-18-26(19-22-39)36(44)46-4-2)34(42)31(30)32(38-37(40)45)27-14-11-17-29(23-27)47-28-15-9-6-10-16-28/h3,5-17,23,26,32-33H,1,4,18-22,24H2,2H3,(H,38,45)/t32-,33-/m1/s1. The number of ether oxygens (including phenoxy) is 2. The maximum Gasteiger partial charge on any atom is 0.322 e. The van der Waals surface area contributed by atoms with Gasteiger partial charge in [-0.15, -0.1) is 6.58 Å². The van der Waals surface area contributed by atoms with Crippen LogP contribution in [0.2, 0.25) is 0 Å². The number of nitrogens with one attached hydrogen (secondary N) is 1. The van der Waals surface area contributed by atoms with Gasteiger partial charge in [-0.25, -0.2) is 4.79 Å². The number of likely N-dealkylation sites (tertiary alicyclic amines) is 1. The fourth-order valence-corrected chi connectivity index (χ4v) is 6.54. The SMILES string of the molecule is C=CCN1C(=O)N[C@H](c2cccc(Oc3ccccc3)c2)C2=C1CN([C@@H](C(=O)N1CCC(C(=O)OCC)CC1)c1ccccc1)C2=O. The Kier molecular flexibility index (Phi) is 9.37. The van der Waals surface area contributed by atoms with Crippen molar-refractivity contribution in [3.8, 4) is 11.5 Å². The van der Waals surface area contributed by atoms with Crippen molar-refractivity contribution in [1.29, 1.82) is 0 Å². The van der Waals surface area contributed by atoms with Crippen LogP contribution >= 0.6 is 0 Å². The van der Waals surface area contributed by atoms with Crippen LogP contribution in [-0.2, 0) is 19.1 Å². The van der Waals surface area contributed by atoms with Crippen molar-refractivity contribution >= 4 is 23.8 Å². The third-order valence-corrected chi connectivity index (χ3v) is 8.82. The van der Waals surface area contributed by atoms with Crippen molar-refractivity contribution in [2.24, 2.45) is 5.92 Å². The number of carbonyl (C=O) groups is 4. The van der Waals surface area contributed by atoms with Crippen LogP contribution < -0.4 is 10.1 Å². The first kappa shape index (κ1) is 31.6. The summed E-state index contributed by atoms with van der Waals surface area (Å²) in [7, 11) is 0. The van der Waals surface area contributed by atoms with Crippen LogP contribution in [0, 0.1) is 5.92 Å². The van der Waals surface area contributed by atoms with E-state index in [0.29, 0.717) is 66.4 Å². The summed E-state index contributed by atoms with van der Waals surface area (Å²) in [5, 5.41) is 3.02. The van der Waals surface area contributed by atoms with Crippen molar-refractivity contribution in [1.82, 2.24) is 20.0 Å². The van der Waals surface area contributed by atoms with Gasteiger partial charge in [0.2, 0.25) is 5.91 Å². The van der Waals surface area contributed by atoms with Crippen molar-refractivity contribution in [3.05, 3.63) is 120 Å². The van der Waals surface area contributed by atoms with Gasteiger partial charge < -0.3 is 24.6 Å². The monoisotopic (exact) mass is 634 g/mol. The van der Waals surface area contributed by atoms with Gasteiger partial charge in [0.05, 0.1) is 36.4 Å². The molecule has 4 amide bonds. The van der Waals surface area contributed by atoms with E-state index in [2.05, 4.69) is 11.9 Å². The van der Waals surface area contributed by atoms with E-state index in [1.165, 1.54) is 4.90 Å². The lowest BCUT2D eigenvalue weighted by Gasteiger charge is -2.36. The minimum atomic E-state index is -0.928. The van der Waals surface area contributed by atoms with Crippen LogP contribution in [0.15, 0.2) is 109 Å². The average Bonchev–Trinajstić information content (AvgIpc) is 3.43. The maximum absolute atomic E-state index is 14.6. The molecule has 0 saturated carbocycles. The van der Waals surface area contributed by atoms with Gasteiger partial charge in [0, 0.05) is 19.6 Å². The summed E-state index contributed by atoms with van der Waals surface area (Å²) in [6.45, 7) is 6.92. The van der Waals surface area contributed by atoms with Crippen LogP contribution in [0.4, 0.5) is 4.79 Å². The van der Waals surface area contributed by atoms with Crippen LogP contribution in [0.5, 0.6) is 11.5 Å². The number of nitrogens with zero attached hydrogens (tertiary/aromatic N) is 3. The number of esters is 1. The summed E-state index contributed by atoms with van der Waals surface area (Å²) in [6.07, 6.45) is 2.59. The molecule has 242 valence electrons. The van der Waals surface area contributed by atoms with Crippen LogP contribution in [0.25, 0.3) is 0 Å². The number of hydrogen-bond donors (Lipinski definition) is 1. The molecule has 0 unspecified atom stereocenters. The van der Waals surface area contributed by atoms with Gasteiger partial charge in [-0.1, -0.05) is 66.7 Å². The van der Waals surface area contributed by atoms with Gasteiger partial charge in [-0.05, 0) is 55.2 Å². The van der Waals surface area contributed by atoms with Crippen LogP contribution in [-0.4, -0.2) is 71.3 Å². The number of piperidine rings is 1. The fraction of sp³-hybridized carbons (Fsp3) is 0.297. The lowest BCUT2D eigenvalue weighted by molar-refractivity contribution is -0.152. The first-order valence-corrected chi connectivity index (χ1v) is 16.0. The second-order valence-electron chi connectivity index (χ2n) is 11.7. The Bertz CT molecular complexity index is 1680. The number of benzene rings is 3. The Hall–Kier alpha value is -5.38. The topological polar surface area (TPSA) is 108 Å². The summed E-state index contributed by atoms with van der Waals surface area (Å²) in [6, 6.07) is 23.8. The van der Waals surface area contributed by atoms with Gasteiger partial charge in [0.15, 0.2) is 0 Å². The second kappa shape index (κ2) is 13.9. The van der Waals surface area contributed by atoms with Gasteiger partial charge >= 0.3 is 12.0 Å². The molecule has 0 radical (unpaired) electrons. The van der Waals surface area contributed by atoms with E-state index in [0.717, 1.165) is 0 Å². The smallest absolute Gasteiger partial charge is 0.322 e. The zero-order valence-electron chi connectivity index (χ0n) is 26.3. The molecule has 3 aromatic carbocycles. The van der Waals surface area contributed by atoms with Crippen molar-refractivity contribution < 1.29 is 28.7 Å². The number of carbonyl (C=O) groups excluding carboxylic acids is 4. The predicted molar refractivity (Wildman–Crippen MR) is 175 cm³/mol. The first-order chi connectivity index (χ1) is 22.9. The zero-order chi connectivity index (χ0) is 32.9. The van der Waals surface area contributed by atoms with Gasteiger partial charge in [-0.2, -0.15) is 0 Å². The molecule has 3 aromatic rings. The maximum atomic E-state index is 14.6. The Morgan fingerprint density at radius 3 is 2.32 bits per heavy atom. The first-order valence-electron chi connectivity index (χ1n) is 16.0. The molecule has 0 aliphatic carbocycles. The number of para-hydroxylation sites is 1. The molecule has 3 heterocycles. The Morgan fingerprint density at radius 2 is 1.64 bits per heavy atom. The highest BCUT2D eigenvalue weighted by Crippen LogP contribution is 2.41. The average molecular weight is 635 g/mol. The largest absolute Gasteiger partial charge is 0.466 e. The normalized spacial score (nSPS) is 18.8. The van der Waals surface area contributed by atoms with Gasteiger partial charge in [-0.3, -0.25) is 19.3 Å². The number of rotatable bonds is 10. The molecule has 3 aliphatic rings. The van der Waals surface area contributed by atoms with Crippen molar-refractivity contribution in [3.63, 3.8) is 0 Å². The molecule has 3 aliphatic heterocycles. The molecule has 0 spiro atoms. The van der Waals surface area contributed by atoms with Gasteiger partial charge in [0.1, 0.15) is 17.5 Å². The highest BCUT2D eigenvalue weighted by molar-refractivity contribution is 6.04. The molecule has 2 atom stereocenters. The quantitative estimate of drug-likeness (QED) is 0.237. The molecule has 0 aromatic heterocycles. The summed E-state index contributed by atoms with van der Waals surface area (Å²) >= 11 is 0. The van der Waals surface area contributed by atoms with E-state index in [1.807, 2.05) is 84.9 Å². The molecule has 10 nitrogen and oxygen atoms in total. The molecular formula is C37H38N4O6. The summed E-state index contributed by atoms with van der Waals surface area (Å²) in [5.74, 6) is 0.156. The molecule has 1 N–H and O–H groups in total. The van der Waals surface area contributed by atoms with E-state index in [-0.39, 0.29) is 42.8 Å². The number of hydrogen-bond acceptors (Lipinski definition) is 6. The predicted octanol–water partition coefficient (Wildman–Crippen LogP) is 5.37. The van der Waals surface area contributed by atoms with E-state index in [4.69, 9.17) is 9.47 Å². The molecular weight excluding hydrogens is 596 g/mol. The zero-order valence-corrected chi connectivity index (χ0v) is 26.3. The van der Waals surface area contributed by atoms with Gasteiger partial charge in [0.25, 0.3) is 5.91 Å². The highest BCUT2D eigenvalue weighted by atomic mass is 16.5. The van der Waals surface area contributed by atoms with E-state index < -0.39 is 12.1 Å². The lowest BCUT2D eigenvalue weighted by Crippen LogP contribution is -2.48. The van der Waals surface area contributed by atoms with Crippen molar-refractivity contribution in [2.45, 2.75) is 31.8 Å². The van der Waals surface area contributed by atoms with Crippen LogP contribution in [0.1, 0.15) is 43.0 Å². The highest BCUT2D eigenvalue weighted by Gasteiger charge is 2.48. The van der Waals surface area contributed by atoms with E-state index in [1.54, 1.807) is 22.8 Å². The van der Waals surface area contributed by atoms with Crippen molar-refractivity contribution in [2.75, 3.05) is 32.8 Å². The second-order valence-corrected chi connectivity index (χ2v) is 11.7. The van der Waals surface area contributed by atoms with E-state index in [9.17, 15) is 19.2 Å². The Balaban J connectivity index is 1.32. The third kappa shape index (κ3) is 6.49. The minimum Gasteiger partial charge on any atom is -0.466 e. The minimum absolute atomic E-state index is 0.0662. The number of urea groups is 1. The molecule has 1 saturated heterocycles. The molecule has 1 fully saturated rings. The van der Waals surface area contributed by atoms with Crippen LogP contribution in [0.3, 0.4) is 0 Å². The number of amides is 4. The third-order valence-electron chi connectivity index (χ3n) is 8.82. The molecule has 47 heavy (non-hydrogen) atoms. The summed E-state index contributed by atoms with van der Waals surface area (Å²) < 4.78 is 11.3. The summed E-state index contributed by atoms with van der Waals surface area (Å²) in [5.41, 5.74) is 2.28. The van der Waals surface area contributed by atoms with E-state index >= 15 is 0 Å². The molecule has 0 bridgehead atoms. The Labute approximate surface area is 274 Å². The lowest BCUT2D eigenvalue weighted by atomic mass is 9.94. The molecule has 6 rings (SSSR count).